The summed E-state index contributed by atoms with van der Waals surface area (Å²) in [6.45, 7) is 0. The Labute approximate surface area is 133 Å². The molecule has 1 aliphatic rings. The molecule has 1 aliphatic carbocycles. The van der Waals surface area contributed by atoms with E-state index in [9.17, 15) is 10.1 Å². The molecular formula is C17H16N4O2. The van der Waals surface area contributed by atoms with Gasteiger partial charge in [-0.3, -0.25) is 0 Å². The molecule has 116 valence electrons. The van der Waals surface area contributed by atoms with Gasteiger partial charge in [0.15, 0.2) is 0 Å². The SMILES string of the molecule is CN(c1nc2ccccn2c1[N+](=O)[O-])C1CCc2ccccc21. The average molecular weight is 308 g/mol. The molecule has 0 amide bonds. The third kappa shape index (κ3) is 2.06. The van der Waals surface area contributed by atoms with E-state index in [1.165, 1.54) is 15.5 Å². The topological polar surface area (TPSA) is 63.7 Å². The number of imidazole rings is 1. The van der Waals surface area contributed by atoms with E-state index < -0.39 is 0 Å². The first-order valence-electron chi connectivity index (χ1n) is 7.59. The van der Waals surface area contributed by atoms with E-state index in [4.69, 9.17) is 0 Å². The van der Waals surface area contributed by atoms with Gasteiger partial charge in [0.1, 0.15) is 0 Å². The summed E-state index contributed by atoms with van der Waals surface area (Å²) < 4.78 is 1.53. The van der Waals surface area contributed by atoms with Gasteiger partial charge in [0, 0.05) is 13.1 Å². The molecule has 1 aromatic carbocycles. The molecule has 0 saturated heterocycles. The second-order valence-corrected chi connectivity index (χ2v) is 5.81. The van der Waals surface area contributed by atoms with Gasteiger partial charge in [-0.05, 0) is 35.0 Å². The molecule has 3 aromatic rings. The van der Waals surface area contributed by atoms with Gasteiger partial charge < -0.3 is 15.0 Å². The summed E-state index contributed by atoms with van der Waals surface area (Å²) in [5.74, 6) is 0.440. The summed E-state index contributed by atoms with van der Waals surface area (Å²) in [5, 5.41) is 11.6. The highest BCUT2D eigenvalue weighted by molar-refractivity contribution is 5.64. The highest BCUT2D eigenvalue weighted by Crippen LogP contribution is 2.39. The second kappa shape index (κ2) is 5.08. The molecule has 23 heavy (non-hydrogen) atoms. The number of aromatic nitrogens is 2. The van der Waals surface area contributed by atoms with Crippen LogP contribution in [-0.2, 0) is 6.42 Å². The van der Waals surface area contributed by atoms with Crippen molar-refractivity contribution >= 4 is 17.3 Å². The maximum absolute atomic E-state index is 11.6. The van der Waals surface area contributed by atoms with E-state index in [-0.39, 0.29) is 16.8 Å². The smallest absolute Gasteiger partial charge is 0.358 e. The van der Waals surface area contributed by atoms with Crippen molar-refractivity contribution in [2.24, 2.45) is 0 Å². The van der Waals surface area contributed by atoms with Gasteiger partial charge in [-0.1, -0.05) is 30.3 Å². The molecule has 6 nitrogen and oxygen atoms in total. The number of hydrogen-bond acceptors (Lipinski definition) is 4. The number of nitro groups is 1. The normalized spacial score (nSPS) is 16.5. The Kier molecular flexibility index (Phi) is 3.04. The Morgan fingerprint density at radius 1 is 1.26 bits per heavy atom. The lowest BCUT2D eigenvalue weighted by Crippen LogP contribution is -2.23. The molecule has 0 N–H and O–H groups in total. The molecule has 0 bridgehead atoms. The number of pyridine rings is 1. The molecule has 0 aliphatic heterocycles. The lowest BCUT2D eigenvalue weighted by atomic mass is 10.1. The standard InChI is InChI=1S/C17H16N4O2/c1-19(14-10-9-12-6-2-3-7-13(12)14)16-17(21(22)23)20-11-5-4-8-15(20)18-16/h2-8,11,14H,9-10H2,1H3. The van der Waals surface area contributed by atoms with E-state index in [0.29, 0.717) is 11.5 Å². The zero-order valence-electron chi connectivity index (χ0n) is 12.7. The molecule has 1 unspecified atom stereocenters. The van der Waals surface area contributed by atoms with Crippen molar-refractivity contribution < 1.29 is 4.92 Å². The summed E-state index contributed by atoms with van der Waals surface area (Å²) in [4.78, 5) is 17.7. The van der Waals surface area contributed by atoms with Gasteiger partial charge in [-0.15, -0.1) is 0 Å². The summed E-state index contributed by atoms with van der Waals surface area (Å²) in [6, 6.07) is 13.8. The van der Waals surface area contributed by atoms with E-state index in [1.807, 2.05) is 30.1 Å². The van der Waals surface area contributed by atoms with Crippen molar-refractivity contribution in [2.45, 2.75) is 18.9 Å². The van der Waals surface area contributed by atoms with E-state index in [0.717, 1.165) is 12.8 Å². The molecular weight excluding hydrogens is 292 g/mol. The van der Waals surface area contributed by atoms with Gasteiger partial charge in [0.05, 0.1) is 12.2 Å². The van der Waals surface area contributed by atoms with Crippen molar-refractivity contribution in [1.29, 1.82) is 0 Å². The van der Waals surface area contributed by atoms with Crippen LogP contribution < -0.4 is 4.90 Å². The third-order valence-electron chi connectivity index (χ3n) is 4.56. The molecule has 1 atom stereocenters. The Morgan fingerprint density at radius 2 is 2.04 bits per heavy atom. The molecule has 0 radical (unpaired) electrons. The van der Waals surface area contributed by atoms with E-state index in [2.05, 4.69) is 17.1 Å². The number of anilines is 1. The van der Waals surface area contributed by atoms with E-state index >= 15 is 0 Å². The Bertz CT molecular complexity index is 902. The fraction of sp³-hybridized carbons (Fsp3) is 0.235. The Hall–Kier alpha value is -2.89. The minimum atomic E-state index is -0.354. The second-order valence-electron chi connectivity index (χ2n) is 5.81. The van der Waals surface area contributed by atoms with Crippen LogP contribution in [0.1, 0.15) is 23.6 Å². The number of hydrogen-bond donors (Lipinski definition) is 0. The van der Waals surface area contributed by atoms with Crippen LogP contribution in [0.2, 0.25) is 0 Å². The van der Waals surface area contributed by atoms with Crippen LogP contribution in [0.3, 0.4) is 0 Å². The summed E-state index contributed by atoms with van der Waals surface area (Å²) in [6.07, 6.45) is 3.62. The Balaban J connectivity index is 1.83. The van der Waals surface area contributed by atoms with E-state index in [1.54, 1.807) is 18.3 Å². The van der Waals surface area contributed by atoms with Crippen LogP contribution in [0.4, 0.5) is 11.6 Å². The highest BCUT2D eigenvalue weighted by Gasteiger charge is 2.32. The van der Waals surface area contributed by atoms with Crippen LogP contribution in [-0.4, -0.2) is 21.4 Å². The lowest BCUT2D eigenvalue weighted by Gasteiger charge is -2.24. The molecule has 2 aromatic heterocycles. The molecule has 0 spiro atoms. The number of benzene rings is 1. The first-order chi connectivity index (χ1) is 11.2. The molecule has 0 saturated carbocycles. The Morgan fingerprint density at radius 3 is 2.87 bits per heavy atom. The molecule has 0 fully saturated rings. The largest absolute Gasteiger partial charge is 0.372 e. The van der Waals surface area contributed by atoms with Crippen LogP contribution >= 0.6 is 0 Å². The highest BCUT2D eigenvalue weighted by atomic mass is 16.6. The number of fused-ring (bicyclic) bond motifs is 2. The minimum Gasteiger partial charge on any atom is -0.358 e. The quantitative estimate of drug-likeness (QED) is 0.550. The van der Waals surface area contributed by atoms with Crippen molar-refractivity contribution in [3.05, 3.63) is 69.9 Å². The molecule has 6 heteroatoms. The summed E-state index contributed by atoms with van der Waals surface area (Å²) in [5.41, 5.74) is 3.14. The molecule has 4 rings (SSSR count). The predicted octanol–water partition coefficient (Wildman–Crippen LogP) is 3.37. The first kappa shape index (κ1) is 13.8. The van der Waals surface area contributed by atoms with Crippen molar-refractivity contribution in [2.75, 3.05) is 11.9 Å². The van der Waals surface area contributed by atoms with Gasteiger partial charge in [0.25, 0.3) is 0 Å². The van der Waals surface area contributed by atoms with Crippen LogP contribution in [0.5, 0.6) is 0 Å². The van der Waals surface area contributed by atoms with Crippen molar-refractivity contribution in [3.8, 4) is 0 Å². The number of aryl methyl sites for hydroxylation is 1. The van der Waals surface area contributed by atoms with Gasteiger partial charge in [-0.25, -0.2) is 0 Å². The lowest BCUT2D eigenvalue weighted by molar-refractivity contribution is -0.389. The van der Waals surface area contributed by atoms with Crippen molar-refractivity contribution in [3.63, 3.8) is 0 Å². The average Bonchev–Trinajstić information content (AvgIpc) is 3.15. The monoisotopic (exact) mass is 308 g/mol. The van der Waals surface area contributed by atoms with Gasteiger partial charge >= 0.3 is 5.82 Å². The molecule has 2 heterocycles. The maximum Gasteiger partial charge on any atom is 0.372 e. The maximum atomic E-state index is 11.6. The minimum absolute atomic E-state index is 0.0208. The number of nitrogens with zero attached hydrogens (tertiary/aromatic N) is 4. The zero-order valence-corrected chi connectivity index (χ0v) is 12.7. The van der Waals surface area contributed by atoms with Crippen LogP contribution in [0, 0.1) is 10.1 Å². The zero-order chi connectivity index (χ0) is 16.0. The fourth-order valence-corrected chi connectivity index (χ4v) is 3.46. The number of rotatable bonds is 3. The van der Waals surface area contributed by atoms with Crippen molar-refractivity contribution in [1.82, 2.24) is 9.38 Å². The fourth-order valence-electron chi connectivity index (χ4n) is 3.46. The summed E-state index contributed by atoms with van der Waals surface area (Å²) >= 11 is 0. The van der Waals surface area contributed by atoms with Gasteiger partial charge in [-0.2, -0.15) is 9.38 Å². The summed E-state index contributed by atoms with van der Waals surface area (Å²) in [7, 11) is 1.89. The third-order valence-corrected chi connectivity index (χ3v) is 4.56. The van der Waals surface area contributed by atoms with Crippen LogP contribution in [0.15, 0.2) is 48.7 Å². The predicted molar refractivity (Wildman–Crippen MR) is 87.8 cm³/mol. The first-order valence-corrected chi connectivity index (χ1v) is 7.59. The van der Waals surface area contributed by atoms with Crippen LogP contribution in [0.25, 0.3) is 5.65 Å². The van der Waals surface area contributed by atoms with Gasteiger partial charge in [0.2, 0.25) is 11.5 Å².